The maximum Gasteiger partial charge on any atom is 0.339 e. The zero-order chi connectivity index (χ0) is 26.8. The SMILES string of the molecule is CC(C)C(=O)N1C[C@H](c2ccc(F)cc2)[C@@H]2CN(c3ncc(C(=O)O)c(CCc4ccccc4)n3)CC[C@@H]21. The smallest absolute Gasteiger partial charge is 0.339 e. The molecule has 2 saturated heterocycles. The first-order chi connectivity index (χ1) is 18.3. The molecule has 1 N–H and O–H groups in total. The van der Waals surface area contributed by atoms with Crippen molar-refractivity contribution in [2.45, 2.75) is 45.1 Å². The molecule has 2 aliphatic rings. The first-order valence-electron chi connectivity index (χ1n) is 13.3. The maximum atomic E-state index is 13.7. The predicted molar refractivity (Wildman–Crippen MR) is 143 cm³/mol. The van der Waals surface area contributed by atoms with Gasteiger partial charge in [0, 0.05) is 49.6 Å². The van der Waals surface area contributed by atoms with Gasteiger partial charge in [0.2, 0.25) is 11.9 Å². The second-order valence-corrected chi connectivity index (χ2v) is 10.6. The van der Waals surface area contributed by atoms with E-state index in [1.54, 1.807) is 0 Å². The Balaban J connectivity index is 1.41. The molecule has 2 fully saturated rings. The molecule has 0 saturated carbocycles. The van der Waals surface area contributed by atoms with Gasteiger partial charge in [-0.3, -0.25) is 4.79 Å². The van der Waals surface area contributed by atoms with Gasteiger partial charge in [0.1, 0.15) is 5.82 Å². The molecule has 7 nitrogen and oxygen atoms in total. The molecule has 1 amide bonds. The number of carboxylic acid groups (broad SMARTS) is 1. The quantitative estimate of drug-likeness (QED) is 0.495. The third-order valence-corrected chi connectivity index (χ3v) is 7.87. The number of anilines is 1. The van der Waals surface area contributed by atoms with Crippen LogP contribution >= 0.6 is 0 Å². The highest BCUT2D eigenvalue weighted by atomic mass is 19.1. The van der Waals surface area contributed by atoms with Crippen molar-refractivity contribution in [3.05, 3.63) is 89.0 Å². The van der Waals surface area contributed by atoms with Crippen LogP contribution in [0.3, 0.4) is 0 Å². The number of likely N-dealkylation sites (tertiary alicyclic amines) is 1. The van der Waals surface area contributed by atoms with Crippen molar-refractivity contribution in [3.8, 4) is 0 Å². The molecule has 0 bridgehead atoms. The summed E-state index contributed by atoms with van der Waals surface area (Å²) < 4.78 is 13.7. The van der Waals surface area contributed by atoms with Gasteiger partial charge in [-0.15, -0.1) is 0 Å². The van der Waals surface area contributed by atoms with E-state index in [2.05, 4.69) is 9.88 Å². The first-order valence-corrected chi connectivity index (χ1v) is 13.3. The molecule has 0 radical (unpaired) electrons. The minimum absolute atomic E-state index is 0.0712. The molecule has 0 unspecified atom stereocenters. The van der Waals surface area contributed by atoms with Crippen LogP contribution < -0.4 is 4.90 Å². The third-order valence-electron chi connectivity index (χ3n) is 7.87. The minimum atomic E-state index is -1.03. The number of carbonyl (C=O) groups is 2. The van der Waals surface area contributed by atoms with Gasteiger partial charge in [0.05, 0.1) is 11.3 Å². The van der Waals surface area contributed by atoms with Crippen molar-refractivity contribution in [1.82, 2.24) is 14.9 Å². The molecule has 2 aliphatic heterocycles. The normalized spacial score (nSPS) is 21.0. The van der Waals surface area contributed by atoms with E-state index < -0.39 is 5.97 Å². The molecule has 38 heavy (non-hydrogen) atoms. The van der Waals surface area contributed by atoms with Crippen molar-refractivity contribution in [3.63, 3.8) is 0 Å². The van der Waals surface area contributed by atoms with Crippen LogP contribution in [0, 0.1) is 17.7 Å². The number of aromatic nitrogens is 2. The lowest BCUT2D eigenvalue weighted by Gasteiger charge is -2.39. The van der Waals surface area contributed by atoms with E-state index in [-0.39, 0.29) is 41.1 Å². The summed E-state index contributed by atoms with van der Waals surface area (Å²) in [6, 6.07) is 16.6. The van der Waals surface area contributed by atoms with Crippen LogP contribution in [-0.4, -0.2) is 57.5 Å². The van der Waals surface area contributed by atoms with Crippen molar-refractivity contribution in [2.24, 2.45) is 11.8 Å². The van der Waals surface area contributed by atoms with Crippen molar-refractivity contribution in [2.75, 3.05) is 24.5 Å². The molecular formula is C30H33FN4O3. The Labute approximate surface area is 222 Å². The monoisotopic (exact) mass is 516 g/mol. The lowest BCUT2D eigenvalue weighted by atomic mass is 9.82. The van der Waals surface area contributed by atoms with Crippen molar-refractivity contribution in [1.29, 1.82) is 0 Å². The molecule has 0 aliphatic carbocycles. The summed E-state index contributed by atoms with van der Waals surface area (Å²) in [7, 11) is 0. The molecule has 5 rings (SSSR count). The molecule has 3 atom stereocenters. The molecule has 8 heteroatoms. The number of aryl methyl sites for hydroxylation is 2. The second-order valence-electron chi connectivity index (χ2n) is 10.6. The second kappa shape index (κ2) is 10.9. The number of hydrogen-bond donors (Lipinski definition) is 1. The fraction of sp³-hybridized carbons (Fsp3) is 0.400. The maximum absolute atomic E-state index is 13.7. The van der Waals surface area contributed by atoms with Gasteiger partial charge in [-0.1, -0.05) is 56.3 Å². The molecular weight excluding hydrogens is 483 g/mol. The van der Waals surface area contributed by atoms with Crippen molar-refractivity contribution >= 4 is 17.8 Å². The highest BCUT2D eigenvalue weighted by Crippen LogP contribution is 2.42. The summed E-state index contributed by atoms with van der Waals surface area (Å²) in [5.74, 6) is -0.549. The van der Waals surface area contributed by atoms with E-state index in [4.69, 9.17) is 4.98 Å². The Kier molecular flexibility index (Phi) is 7.40. The molecule has 1 aromatic heterocycles. The Morgan fingerprint density at radius 3 is 2.47 bits per heavy atom. The largest absolute Gasteiger partial charge is 0.478 e. The van der Waals surface area contributed by atoms with Gasteiger partial charge in [0.15, 0.2) is 0 Å². The van der Waals surface area contributed by atoms with E-state index >= 15 is 0 Å². The zero-order valence-corrected chi connectivity index (χ0v) is 21.8. The standard InChI is InChI=1S/C30H33FN4O3/c1-19(2)28(36)35-18-24(21-9-11-22(31)12-10-21)25-17-34(15-14-27(25)35)30-32-16-23(29(37)38)26(33-30)13-8-20-6-4-3-5-7-20/h3-7,9-12,16,19,24-25,27H,8,13-15,17-18H2,1-2H3,(H,37,38)/t24-,25+,27+/m1/s1. The average Bonchev–Trinajstić information content (AvgIpc) is 3.31. The van der Waals surface area contributed by atoms with Crippen LogP contribution in [0.5, 0.6) is 0 Å². The number of carbonyl (C=O) groups excluding carboxylic acids is 1. The number of halogens is 1. The summed E-state index contributed by atoms with van der Waals surface area (Å²) in [6.45, 7) is 5.76. The minimum Gasteiger partial charge on any atom is -0.478 e. The fourth-order valence-electron chi connectivity index (χ4n) is 5.90. The van der Waals surface area contributed by atoms with Crippen LogP contribution in [0.1, 0.15) is 53.4 Å². The van der Waals surface area contributed by atoms with E-state index in [9.17, 15) is 19.1 Å². The number of fused-ring (bicyclic) bond motifs is 1. The number of benzene rings is 2. The number of aromatic carboxylic acids is 1. The Morgan fingerprint density at radius 1 is 1.05 bits per heavy atom. The van der Waals surface area contributed by atoms with Crippen molar-refractivity contribution < 1.29 is 19.1 Å². The fourth-order valence-corrected chi connectivity index (χ4v) is 5.90. The van der Waals surface area contributed by atoms with E-state index in [1.807, 2.05) is 61.2 Å². The topological polar surface area (TPSA) is 86.6 Å². The summed E-state index contributed by atoms with van der Waals surface area (Å²) in [5.41, 5.74) is 2.78. The number of carboxylic acids is 1. The van der Waals surface area contributed by atoms with Gasteiger partial charge in [-0.2, -0.15) is 0 Å². The molecule has 0 spiro atoms. The zero-order valence-electron chi connectivity index (χ0n) is 21.8. The Morgan fingerprint density at radius 2 is 1.79 bits per heavy atom. The number of nitrogens with zero attached hydrogens (tertiary/aromatic N) is 4. The summed E-state index contributed by atoms with van der Waals surface area (Å²) in [4.78, 5) is 38.3. The molecule has 3 aromatic rings. The lowest BCUT2D eigenvalue weighted by molar-refractivity contribution is -0.135. The molecule has 2 aromatic carbocycles. The van der Waals surface area contributed by atoms with Gasteiger partial charge in [-0.05, 0) is 42.5 Å². The summed E-state index contributed by atoms with van der Waals surface area (Å²) >= 11 is 0. The van der Waals surface area contributed by atoms with Gasteiger partial charge in [-0.25, -0.2) is 19.2 Å². The van der Waals surface area contributed by atoms with Crippen LogP contribution in [0.25, 0.3) is 0 Å². The Bertz CT molecular complexity index is 1300. The van der Waals surface area contributed by atoms with E-state index in [0.717, 1.165) is 17.5 Å². The summed E-state index contributed by atoms with van der Waals surface area (Å²) in [5, 5.41) is 9.74. The van der Waals surface area contributed by atoms with Crippen LogP contribution in [0.2, 0.25) is 0 Å². The Hall–Kier alpha value is -3.81. The predicted octanol–water partition coefficient (Wildman–Crippen LogP) is 4.58. The number of rotatable bonds is 7. The molecule has 198 valence electrons. The number of hydrogen-bond acceptors (Lipinski definition) is 5. The van der Waals surface area contributed by atoms with E-state index in [1.165, 1.54) is 18.3 Å². The highest BCUT2D eigenvalue weighted by molar-refractivity contribution is 5.88. The van der Waals surface area contributed by atoms with Crippen LogP contribution in [-0.2, 0) is 17.6 Å². The lowest BCUT2D eigenvalue weighted by Crippen LogP contribution is -2.49. The van der Waals surface area contributed by atoms with Crippen LogP contribution in [0.4, 0.5) is 10.3 Å². The highest BCUT2D eigenvalue weighted by Gasteiger charge is 2.47. The van der Waals surface area contributed by atoms with Gasteiger partial charge >= 0.3 is 5.97 Å². The van der Waals surface area contributed by atoms with Gasteiger partial charge < -0.3 is 14.9 Å². The van der Waals surface area contributed by atoms with Crippen LogP contribution in [0.15, 0.2) is 60.8 Å². The molecule has 3 heterocycles. The number of piperidine rings is 1. The summed E-state index contributed by atoms with van der Waals surface area (Å²) in [6.07, 6.45) is 3.36. The van der Waals surface area contributed by atoms with Gasteiger partial charge in [0.25, 0.3) is 0 Å². The first kappa shape index (κ1) is 25.8. The average molecular weight is 517 g/mol. The number of amides is 1. The van der Waals surface area contributed by atoms with E-state index in [0.29, 0.717) is 44.1 Å². The third kappa shape index (κ3) is 5.26.